The second kappa shape index (κ2) is 5.37. The van der Waals surface area contributed by atoms with Gasteiger partial charge in [-0.05, 0) is 23.1 Å². The molecule has 0 saturated heterocycles. The minimum atomic E-state index is -0.0420. The highest BCUT2D eigenvalue weighted by Gasteiger charge is 2.18. The van der Waals surface area contributed by atoms with Crippen molar-refractivity contribution in [2.75, 3.05) is 0 Å². The van der Waals surface area contributed by atoms with Crippen LogP contribution in [0.25, 0.3) is 0 Å². The van der Waals surface area contributed by atoms with Gasteiger partial charge in [0.05, 0.1) is 0 Å². The normalized spacial score (nSPS) is 12.4. The van der Waals surface area contributed by atoms with E-state index in [-0.39, 0.29) is 11.2 Å². The summed E-state index contributed by atoms with van der Waals surface area (Å²) < 4.78 is 0. The molecule has 0 fully saturated rings. The van der Waals surface area contributed by atoms with Crippen LogP contribution in [0.1, 0.15) is 37.5 Å². The van der Waals surface area contributed by atoms with E-state index in [0.717, 1.165) is 11.1 Å². The van der Waals surface area contributed by atoms with Crippen molar-refractivity contribution in [2.24, 2.45) is 5.16 Å². The van der Waals surface area contributed by atoms with Crippen LogP contribution < -0.4 is 0 Å². The van der Waals surface area contributed by atoms with Crippen LogP contribution in [-0.2, 0) is 5.41 Å². The van der Waals surface area contributed by atoms with Gasteiger partial charge in [-0.25, -0.2) is 0 Å². The maximum Gasteiger partial charge on any atom is 0.125 e. The Morgan fingerprint density at radius 3 is 2.20 bits per heavy atom. The highest BCUT2D eigenvalue weighted by Crippen LogP contribution is 2.29. The van der Waals surface area contributed by atoms with E-state index < -0.39 is 0 Å². The Hall–Kier alpha value is -2.29. The molecular weight excluding hydrogens is 250 g/mol. The van der Waals surface area contributed by atoms with Crippen LogP contribution in [0.15, 0.2) is 53.7 Å². The first-order valence-corrected chi connectivity index (χ1v) is 6.55. The molecule has 0 unspecified atom stereocenters. The lowest BCUT2D eigenvalue weighted by Crippen LogP contribution is -2.13. The van der Waals surface area contributed by atoms with Crippen LogP contribution >= 0.6 is 0 Å². The standard InChI is InChI=1S/C17H19NO2/c1-17(2,3)13-9-10-15(19)14(11-13)16(18-20)12-7-5-4-6-8-12/h4-11,19-20H,1-3H3/b18-16-. The maximum absolute atomic E-state index is 10.1. The van der Waals surface area contributed by atoms with Gasteiger partial charge < -0.3 is 10.3 Å². The fourth-order valence-corrected chi connectivity index (χ4v) is 2.06. The molecule has 0 heterocycles. The third kappa shape index (κ3) is 2.82. The molecule has 104 valence electrons. The number of phenols is 1. The largest absolute Gasteiger partial charge is 0.507 e. The van der Waals surface area contributed by atoms with Gasteiger partial charge in [0.15, 0.2) is 0 Å². The molecule has 0 aromatic heterocycles. The molecule has 0 radical (unpaired) electrons. The van der Waals surface area contributed by atoms with E-state index in [2.05, 4.69) is 25.9 Å². The van der Waals surface area contributed by atoms with E-state index in [1.54, 1.807) is 6.07 Å². The fraction of sp³-hybridized carbons (Fsp3) is 0.235. The molecule has 20 heavy (non-hydrogen) atoms. The molecular formula is C17H19NO2. The maximum atomic E-state index is 10.1. The number of phenolic OH excluding ortho intramolecular Hbond substituents is 1. The van der Waals surface area contributed by atoms with Gasteiger partial charge in [0.2, 0.25) is 0 Å². The minimum Gasteiger partial charge on any atom is -0.507 e. The van der Waals surface area contributed by atoms with Crippen LogP contribution in [-0.4, -0.2) is 16.0 Å². The SMILES string of the molecule is CC(C)(C)c1ccc(O)c(/C(=N\O)c2ccccc2)c1. The zero-order valence-electron chi connectivity index (χ0n) is 12.0. The Morgan fingerprint density at radius 1 is 1.00 bits per heavy atom. The number of hydrogen-bond donors (Lipinski definition) is 2. The van der Waals surface area contributed by atoms with E-state index in [1.807, 2.05) is 42.5 Å². The first kappa shape index (κ1) is 14.1. The summed E-state index contributed by atoms with van der Waals surface area (Å²) in [7, 11) is 0. The summed E-state index contributed by atoms with van der Waals surface area (Å²) >= 11 is 0. The van der Waals surface area contributed by atoms with E-state index in [9.17, 15) is 10.3 Å². The lowest BCUT2D eigenvalue weighted by molar-refractivity contribution is 0.319. The average Bonchev–Trinajstić information content (AvgIpc) is 2.41. The highest BCUT2D eigenvalue weighted by atomic mass is 16.4. The third-order valence-corrected chi connectivity index (χ3v) is 3.26. The zero-order chi connectivity index (χ0) is 14.8. The van der Waals surface area contributed by atoms with Crippen molar-refractivity contribution < 1.29 is 10.3 Å². The molecule has 0 aliphatic rings. The summed E-state index contributed by atoms with van der Waals surface area (Å²) in [4.78, 5) is 0. The molecule has 0 amide bonds. The van der Waals surface area contributed by atoms with Gasteiger partial charge in [0, 0.05) is 11.1 Å². The van der Waals surface area contributed by atoms with Crippen molar-refractivity contribution in [3.8, 4) is 5.75 Å². The number of aromatic hydroxyl groups is 1. The first-order chi connectivity index (χ1) is 9.43. The van der Waals surface area contributed by atoms with Gasteiger partial charge in [-0.3, -0.25) is 0 Å². The second-order valence-corrected chi connectivity index (χ2v) is 5.80. The van der Waals surface area contributed by atoms with E-state index >= 15 is 0 Å². The predicted octanol–water partition coefficient (Wildman–Crippen LogP) is 3.92. The molecule has 2 rings (SSSR count). The van der Waals surface area contributed by atoms with Crippen molar-refractivity contribution in [3.63, 3.8) is 0 Å². The summed E-state index contributed by atoms with van der Waals surface area (Å²) in [6, 6.07) is 14.7. The van der Waals surface area contributed by atoms with E-state index in [0.29, 0.717) is 11.3 Å². The lowest BCUT2D eigenvalue weighted by Gasteiger charge is -2.20. The van der Waals surface area contributed by atoms with Gasteiger partial charge in [-0.2, -0.15) is 0 Å². The van der Waals surface area contributed by atoms with Gasteiger partial charge in [-0.15, -0.1) is 0 Å². The number of benzene rings is 2. The monoisotopic (exact) mass is 269 g/mol. The Morgan fingerprint density at radius 2 is 1.65 bits per heavy atom. The first-order valence-electron chi connectivity index (χ1n) is 6.55. The molecule has 2 aromatic rings. The number of nitrogens with zero attached hydrogens (tertiary/aromatic N) is 1. The van der Waals surface area contributed by atoms with Crippen LogP contribution in [0, 0.1) is 0 Å². The van der Waals surface area contributed by atoms with Crippen molar-refractivity contribution in [2.45, 2.75) is 26.2 Å². The smallest absolute Gasteiger partial charge is 0.125 e. The second-order valence-electron chi connectivity index (χ2n) is 5.80. The topological polar surface area (TPSA) is 52.8 Å². The summed E-state index contributed by atoms with van der Waals surface area (Å²) in [5.74, 6) is 0.106. The molecule has 0 bridgehead atoms. The molecule has 3 nitrogen and oxygen atoms in total. The highest BCUT2D eigenvalue weighted by molar-refractivity contribution is 6.14. The zero-order valence-corrected chi connectivity index (χ0v) is 12.0. The quantitative estimate of drug-likeness (QED) is 0.493. The van der Waals surface area contributed by atoms with Crippen LogP contribution in [0.2, 0.25) is 0 Å². The molecule has 2 aromatic carbocycles. The minimum absolute atomic E-state index is 0.0420. The van der Waals surface area contributed by atoms with Crippen LogP contribution in [0.3, 0.4) is 0 Å². The number of rotatable bonds is 2. The van der Waals surface area contributed by atoms with Crippen LogP contribution in [0.4, 0.5) is 0 Å². The Bertz CT molecular complexity index is 625. The molecule has 3 heteroatoms. The average molecular weight is 269 g/mol. The van der Waals surface area contributed by atoms with Crippen LogP contribution in [0.5, 0.6) is 5.75 Å². The summed E-state index contributed by atoms with van der Waals surface area (Å²) in [6.07, 6.45) is 0. The Labute approximate surface area is 119 Å². The van der Waals surface area contributed by atoms with Crippen molar-refractivity contribution in [1.29, 1.82) is 0 Å². The number of hydrogen-bond acceptors (Lipinski definition) is 3. The Balaban J connectivity index is 2.56. The molecule has 0 aliphatic heterocycles. The van der Waals surface area contributed by atoms with E-state index in [1.165, 1.54) is 0 Å². The van der Waals surface area contributed by atoms with Gasteiger partial charge in [0.25, 0.3) is 0 Å². The van der Waals surface area contributed by atoms with Gasteiger partial charge in [-0.1, -0.05) is 62.3 Å². The molecule has 0 aliphatic carbocycles. The molecule has 0 saturated carbocycles. The van der Waals surface area contributed by atoms with Gasteiger partial charge in [0.1, 0.15) is 11.5 Å². The van der Waals surface area contributed by atoms with E-state index in [4.69, 9.17) is 0 Å². The Kier molecular flexibility index (Phi) is 3.79. The van der Waals surface area contributed by atoms with Gasteiger partial charge >= 0.3 is 0 Å². The van der Waals surface area contributed by atoms with Crippen molar-refractivity contribution >= 4 is 5.71 Å². The number of oxime groups is 1. The lowest BCUT2D eigenvalue weighted by atomic mass is 9.85. The summed E-state index contributed by atoms with van der Waals surface area (Å²) in [5.41, 5.74) is 2.69. The molecule has 0 atom stereocenters. The predicted molar refractivity (Wildman–Crippen MR) is 80.7 cm³/mol. The summed E-state index contributed by atoms with van der Waals surface area (Å²) in [5, 5.41) is 22.8. The third-order valence-electron chi connectivity index (χ3n) is 3.26. The van der Waals surface area contributed by atoms with Crippen molar-refractivity contribution in [1.82, 2.24) is 0 Å². The molecule has 2 N–H and O–H groups in total. The van der Waals surface area contributed by atoms with Crippen molar-refractivity contribution in [3.05, 3.63) is 65.2 Å². The summed E-state index contributed by atoms with van der Waals surface area (Å²) in [6.45, 7) is 6.30. The fourth-order valence-electron chi connectivity index (χ4n) is 2.06. The molecule has 0 spiro atoms.